The largest absolute Gasteiger partial charge is 0.462 e. The second kappa shape index (κ2) is 8.80. The molecule has 5 nitrogen and oxygen atoms in total. The van der Waals surface area contributed by atoms with E-state index in [-0.39, 0.29) is 5.97 Å². The Labute approximate surface area is 175 Å². The van der Waals surface area contributed by atoms with Crippen molar-refractivity contribution in [1.82, 2.24) is 0 Å². The van der Waals surface area contributed by atoms with E-state index < -0.39 is 15.3 Å². The fraction of sp³-hybridized carbons (Fsp3) is 0.227. The van der Waals surface area contributed by atoms with E-state index >= 15 is 0 Å². The van der Waals surface area contributed by atoms with Gasteiger partial charge in [-0.15, -0.1) is 11.3 Å². The van der Waals surface area contributed by atoms with Crippen molar-refractivity contribution in [2.45, 2.75) is 26.0 Å². The number of anilines is 1. The minimum atomic E-state index is -3.40. The number of ether oxygens (including phenoxy) is 1. The molecule has 0 fully saturated rings. The minimum absolute atomic E-state index is 0.330. The van der Waals surface area contributed by atoms with E-state index in [1.807, 2.05) is 41.8 Å². The zero-order chi connectivity index (χ0) is 21.0. The van der Waals surface area contributed by atoms with Gasteiger partial charge in [0.25, 0.3) is 0 Å². The first kappa shape index (κ1) is 21.1. The monoisotopic (exact) mass is 429 g/mol. The van der Waals surface area contributed by atoms with Gasteiger partial charge in [-0.1, -0.05) is 36.4 Å². The van der Waals surface area contributed by atoms with Crippen LogP contribution in [0, 0.1) is 0 Å². The normalized spacial score (nSPS) is 11.4. The maximum atomic E-state index is 12.2. The molecule has 0 unspecified atom stereocenters. The molecule has 0 saturated heterocycles. The maximum absolute atomic E-state index is 12.2. The topological polar surface area (TPSA) is 72.5 Å². The molecule has 0 aliphatic rings. The van der Waals surface area contributed by atoms with E-state index in [1.54, 1.807) is 39.0 Å². The molecule has 7 heteroatoms. The predicted molar refractivity (Wildman–Crippen MR) is 119 cm³/mol. The van der Waals surface area contributed by atoms with Crippen LogP contribution in [0.5, 0.6) is 0 Å². The first-order valence-corrected chi connectivity index (χ1v) is 11.7. The molecule has 3 rings (SSSR count). The molecule has 2 aromatic carbocycles. The fourth-order valence-electron chi connectivity index (χ4n) is 2.71. The Kier molecular flexibility index (Phi) is 6.39. The van der Waals surface area contributed by atoms with E-state index in [0.29, 0.717) is 17.9 Å². The van der Waals surface area contributed by atoms with E-state index in [2.05, 4.69) is 4.72 Å². The van der Waals surface area contributed by atoms with Crippen molar-refractivity contribution in [3.05, 3.63) is 65.5 Å². The van der Waals surface area contributed by atoms with Crippen molar-refractivity contribution in [1.29, 1.82) is 0 Å². The van der Waals surface area contributed by atoms with Crippen molar-refractivity contribution >= 4 is 33.0 Å². The van der Waals surface area contributed by atoms with Crippen LogP contribution in [-0.4, -0.2) is 26.2 Å². The van der Waals surface area contributed by atoms with Crippen molar-refractivity contribution in [2.75, 3.05) is 11.3 Å². The predicted octanol–water partition coefficient (Wildman–Crippen LogP) is 5.41. The number of hydrogen-bond acceptors (Lipinski definition) is 5. The van der Waals surface area contributed by atoms with Gasteiger partial charge in [0.05, 0.1) is 28.0 Å². The lowest BCUT2D eigenvalue weighted by atomic mass is 10.0. The zero-order valence-electron chi connectivity index (χ0n) is 16.5. The number of rotatable bonds is 7. The van der Waals surface area contributed by atoms with Crippen LogP contribution in [0.15, 0.2) is 60.0 Å². The molecule has 0 saturated carbocycles. The number of thiophene rings is 1. The van der Waals surface area contributed by atoms with Crippen LogP contribution in [0.2, 0.25) is 0 Å². The average Bonchev–Trinajstić information content (AvgIpc) is 3.15. The Balaban J connectivity index is 1.81. The lowest BCUT2D eigenvalue weighted by Crippen LogP contribution is -2.22. The Morgan fingerprint density at radius 3 is 2.07 bits per heavy atom. The summed E-state index contributed by atoms with van der Waals surface area (Å²) in [4.78, 5) is 12.6. The highest BCUT2D eigenvalue weighted by Crippen LogP contribution is 2.35. The first-order chi connectivity index (χ1) is 13.8. The molecule has 152 valence electrons. The second-order valence-electron chi connectivity index (χ2n) is 6.73. The van der Waals surface area contributed by atoms with Gasteiger partial charge >= 0.3 is 5.97 Å². The molecular weight excluding hydrogens is 406 g/mol. The van der Waals surface area contributed by atoms with Gasteiger partial charge in [0.2, 0.25) is 10.0 Å². The van der Waals surface area contributed by atoms with Gasteiger partial charge in [-0.25, -0.2) is 13.2 Å². The Hall–Kier alpha value is -2.64. The van der Waals surface area contributed by atoms with Crippen LogP contribution in [0.4, 0.5) is 5.69 Å². The van der Waals surface area contributed by atoms with Crippen molar-refractivity contribution in [2.24, 2.45) is 0 Å². The van der Waals surface area contributed by atoms with Crippen LogP contribution >= 0.6 is 11.3 Å². The van der Waals surface area contributed by atoms with Gasteiger partial charge in [0.15, 0.2) is 0 Å². The minimum Gasteiger partial charge on any atom is -0.462 e. The summed E-state index contributed by atoms with van der Waals surface area (Å²) in [6, 6.07) is 16.9. The number of sulfonamides is 1. The number of carbonyl (C=O) groups excluding carboxylic acids is 1. The molecule has 0 atom stereocenters. The SMILES string of the molecule is CCOC(=O)c1ccc(-c2ccc(-c3sccc3NS(=O)(=O)C(C)C)cc2)cc1. The molecule has 1 aromatic heterocycles. The van der Waals surface area contributed by atoms with Gasteiger partial charge in [0, 0.05) is 0 Å². The van der Waals surface area contributed by atoms with Gasteiger partial charge in [-0.3, -0.25) is 4.72 Å². The zero-order valence-corrected chi connectivity index (χ0v) is 18.1. The van der Waals surface area contributed by atoms with Crippen LogP contribution in [0.25, 0.3) is 21.6 Å². The third-order valence-corrected chi connectivity index (χ3v) is 7.12. The molecule has 0 radical (unpaired) electrons. The molecule has 1 N–H and O–H groups in total. The molecule has 0 bridgehead atoms. The molecule has 0 spiro atoms. The highest BCUT2D eigenvalue weighted by Gasteiger charge is 2.18. The summed E-state index contributed by atoms with van der Waals surface area (Å²) in [6.07, 6.45) is 0. The number of carbonyl (C=O) groups is 1. The smallest absolute Gasteiger partial charge is 0.338 e. The molecular formula is C22H23NO4S2. The summed E-state index contributed by atoms with van der Waals surface area (Å²) < 4.78 is 32.1. The third kappa shape index (κ3) is 4.86. The summed E-state index contributed by atoms with van der Waals surface area (Å²) >= 11 is 1.49. The number of nitrogens with one attached hydrogen (secondary N) is 1. The summed E-state index contributed by atoms with van der Waals surface area (Å²) in [5.41, 5.74) is 4.04. The summed E-state index contributed by atoms with van der Waals surface area (Å²) in [5.74, 6) is -0.330. The van der Waals surface area contributed by atoms with E-state index in [1.165, 1.54) is 11.3 Å². The molecule has 0 aliphatic carbocycles. The fourth-order valence-corrected chi connectivity index (χ4v) is 4.35. The average molecular weight is 430 g/mol. The van der Waals surface area contributed by atoms with Crippen LogP contribution in [-0.2, 0) is 14.8 Å². The number of benzene rings is 2. The molecule has 29 heavy (non-hydrogen) atoms. The molecule has 1 heterocycles. The van der Waals surface area contributed by atoms with Gasteiger partial charge in [-0.05, 0) is 61.0 Å². The van der Waals surface area contributed by atoms with Gasteiger partial charge < -0.3 is 4.74 Å². The lowest BCUT2D eigenvalue weighted by Gasteiger charge is -2.12. The second-order valence-corrected chi connectivity index (χ2v) is 9.89. The molecule has 3 aromatic rings. The maximum Gasteiger partial charge on any atom is 0.338 e. The van der Waals surface area contributed by atoms with Crippen molar-refractivity contribution in [3.63, 3.8) is 0 Å². The van der Waals surface area contributed by atoms with Crippen molar-refractivity contribution < 1.29 is 17.9 Å². The van der Waals surface area contributed by atoms with E-state index in [0.717, 1.165) is 21.6 Å². The Morgan fingerprint density at radius 1 is 0.966 bits per heavy atom. The standard InChI is InChI=1S/C22H23NO4S2/c1-4-27-22(24)19-11-7-17(8-12-19)16-5-9-18(10-6-16)21-20(13-14-28-21)23-29(25,26)15(2)3/h5-15,23H,4H2,1-3H3. The van der Waals surface area contributed by atoms with E-state index in [9.17, 15) is 13.2 Å². The van der Waals surface area contributed by atoms with Crippen LogP contribution in [0.3, 0.4) is 0 Å². The quantitative estimate of drug-likeness (QED) is 0.510. The molecule has 0 amide bonds. The summed E-state index contributed by atoms with van der Waals surface area (Å²) in [6.45, 7) is 5.42. The number of esters is 1. The number of hydrogen-bond donors (Lipinski definition) is 1. The van der Waals surface area contributed by atoms with Crippen LogP contribution in [0.1, 0.15) is 31.1 Å². The Morgan fingerprint density at radius 2 is 1.52 bits per heavy atom. The highest BCUT2D eigenvalue weighted by atomic mass is 32.2. The van der Waals surface area contributed by atoms with Crippen molar-refractivity contribution in [3.8, 4) is 21.6 Å². The van der Waals surface area contributed by atoms with E-state index in [4.69, 9.17) is 4.74 Å². The third-order valence-electron chi connectivity index (χ3n) is 4.41. The van der Waals surface area contributed by atoms with Crippen LogP contribution < -0.4 is 4.72 Å². The summed E-state index contributed by atoms with van der Waals surface area (Å²) in [5, 5.41) is 1.37. The lowest BCUT2D eigenvalue weighted by molar-refractivity contribution is 0.0526. The Bertz CT molecular complexity index is 1080. The summed E-state index contributed by atoms with van der Waals surface area (Å²) in [7, 11) is -3.40. The first-order valence-electron chi connectivity index (χ1n) is 9.29. The molecule has 0 aliphatic heterocycles. The highest BCUT2D eigenvalue weighted by molar-refractivity contribution is 7.93. The van der Waals surface area contributed by atoms with Gasteiger partial charge in [0.1, 0.15) is 0 Å². The van der Waals surface area contributed by atoms with Gasteiger partial charge in [-0.2, -0.15) is 0 Å².